The van der Waals surface area contributed by atoms with Crippen LogP contribution in [0.15, 0.2) is 48.8 Å². The summed E-state index contributed by atoms with van der Waals surface area (Å²) in [6.07, 6.45) is 4.38. The molecule has 1 aliphatic heterocycles. The van der Waals surface area contributed by atoms with Crippen LogP contribution in [0.1, 0.15) is 23.3 Å². The van der Waals surface area contributed by atoms with E-state index in [1.165, 1.54) is 0 Å². The lowest BCUT2D eigenvalue weighted by Crippen LogP contribution is -2.42. The number of para-hydroxylation sites is 1. The molecule has 2 N–H and O–H groups in total. The second kappa shape index (κ2) is 8.00. The summed E-state index contributed by atoms with van der Waals surface area (Å²) in [5.74, 6) is -0.755. The zero-order valence-electron chi connectivity index (χ0n) is 15.5. The van der Waals surface area contributed by atoms with Gasteiger partial charge in [-0.2, -0.15) is 0 Å². The summed E-state index contributed by atoms with van der Waals surface area (Å²) in [6, 6.07) is 10.8. The molecule has 0 radical (unpaired) electrons. The number of rotatable bonds is 4. The number of nitrogens with zero attached hydrogens (tertiary/aromatic N) is 5. The minimum Gasteiger partial charge on any atom is -0.369 e. The predicted octanol–water partition coefficient (Wildman–Crippen LogP) is 2.32. The molecule has 148 valence electrons. The highest BCUT2D eigenvalue weighted by Gasteiger charge is 2.31. The van der Waals surface area contributed by atoms with Gasteiger partial charge >= 0.3 is 0 Å². The first-order chi connectivity index (χ1) is 14.1. The fraction of sp³-hybridized carbons (Fsp3) is 0.250. The molecule has 0 saturated carbocycles. The van der Waals surface area contributed by atoms with Crippen molar-refractivity contribution >= 4 is 23.4 Å². The minimum atomic E-state index is -0.320. The Morgan fingerprint density at radius 2 is 1.76 bits per heavy atom. The Kier molecular flexibility index (Phi) is 5.26. The lowest BCUT2D eigenvalue weighted by atomic mass is 9.96. The number of aromatic nitrogens is 4. The monoisotopic (exact) mass is 410 g/mol. The third kappa shape index (κ3) is 3.71. The van der Waals surface area contributed by atoms with E-state index >= 15 is 0 Å². The fourth-order valence-corrected chi connectivity index (χ4v) is 3.72. The van der Waals surface area contributed by atoms with Crippen LogP contribution in [0.4, 0.5) is 0 Å². The zero-order chi connectivity index (χ0) is 20.4. The van der Waals surface area contributed by atoms with Crippen LogP contribution in [0.25, 0.3) is 16.9 Å². The molecule has 0 spiro atoms. The number of hydrogen-bond acceptors (Lipinski definition) is 5. The maximum atomic E-state index is 13.2. The van der Waals surface area contributed by atoms with E-state index in [0.29, 0.717) is 42.3 Å². The van der Waals surface area contributed by atoms with Crippen LogP contribution in [-0.4, -0.2) is 49.8 Å². The van der Waals surface area contributed by atoms with Gasteiger partial charge in [0.25, 0.3) is 5.91 Å². The van der Waals surface area contributed by atoms with E-state index in [4.69, 9.17) is 17.3 Å². The van der Waals surface area contributed by atoms with Crippen molar-refractivity contribution in [3.05, 3.63) is 59.5 Å². The molecule has 1 saturated heterocycles. The van der Waals surface area contributed by atoms with Crippen LogP contribution in [0, 0.1) is 5.92 Å². The van der Waals surface area contributed by atoms with Crippen LogP contribution in [0.3, 0.4) is 0 Å². The maximum absolute atomic E-state index is 13.2. The summed E-state index contributed by atoms with van der Waals surface area (Å²) in [5.41, 5.74) is 7.54. The highest BCUT2D eigenvalue weighted by Crippen LogP contribution is 2.29. The zero-order valence-corrected chi connectivity index (χ0v) is 16.3. The SMILES string of the molecule is NC(=O)C1CCN(C(=O)c2nnn(-c3ccccc3Cl)c2-c2ccncc2)CC1. The number of carbonyl (C=O) groups excluding carboxylic acids is 2. The summed E-state index contributed by atoms with van der Waals surface area (Å²) >= 11 is 6.36. The standard InChI is InChI=1S/C20H19ClN6O2/c21-15-3-1-2-4-16(15)27-18(13-5-9-23-10-6-13)17(24-25-27)20(29)26-11-7-14(8-12-26)19(22)28/h1-6,9-10,14H,7-8,11-12H2,(H2,22,28). The molecular formula is C20H19ClN6O2. The molecule has 3 aromatic rings. The molecule has 0 bridgehead atoms. The Labute approximate surface area is 172 Å². The molecule has 0 atom stereocenters. The molecule has 0 aliphatic carbocycles. The number of pyridine rings is 1. The van der Waals surface area contributed by atoms with Gasteiger partial charge in [-0.05, 0) is 37.1 Å². The second-order valence-corrected chi connectivity index (χ2v) is 7.26. The Hall–Kier alpha value is -3.26. The molecule has 4 rings (SSSR count). The fourth-order valence-electron chi connectivity index (χ4n) is 3.50. The minimum absolute atomic E-state index is 0.197. The van der Waals surface area contributed by atoms with Crippen molar-refractivity contribution in [2.45, 2.75) is 12.8 Å². The topological polar surface area (TPSA) is 107 Å². The second-order valence-electron chi connectivity index (χ2n) is 6.85. The van der Waals surface area contributed by atoms with Crippen LogP contribution >= 0.6 is 11.6 Å². The predicted molar refractivity (Wildman–Crippen MR) is 107 cm³/mol. The molecule has 1 aromatic carbocycles. The van der Waals surface area contributed by atoms with Crippen molar-refractivity contribution in [2.75, 3.05) is 13.1 Å². The van der Waals surface area contributed by atoms with Crippen molar-refractivity contribution in [3.63, 3.8) is 0 Å². The van der Waals surface area contributed by atoms with E-state index < -0.39 is 0 Å². The van der Waals surface area contributed by atoms with Gasteiger partial charge in [0.2, 0.25) is 5.91 Å². The van der Waals surface area contributed by atoms with Crippen LogP contribution in [0.5, 0.6) is 0 Å². The van der Waals surface area contributed by atoms with Crippen LogP contribution in [-0.2, 0) is 4.79 Å². The Morgan fingerprint density at radius 1 is 1.07 bits per heavy atom. The molecule has 2 aromatic heterocycles. The Morgan fingerprint density at radius 3 is 2.41 bits per heavy atom. The average molecular weight is 411 g/mol. The van der Waals surface area contributed by atoms with E-state index in [9.17, 15) is 9.59 Å². The number of primary amides is 1. The first kappa shape index (κ1) is 19.1. The summed E-state index contributed by atoms with van der Waals surface area (Å²) in [5, 5.41) is 8.91. The first-order valence-corrected chi connectivity index (χ1v) is 9.63. The number of piperidine rings is 1. The molecule has 8 nitrogen and oxygen atoms in total. The largest absolute Gasteiger partial charge is 0.369 e. The van der Waals surface area contributed by atoms with Gasteiger partial charge in [0.15, 0.2) is 5.69 Å². The van der Waals surface area contributed by atoms with Gasteiger partial charge in [0.05, 0.1) is 10.7 Å². The van der Waals surface area contributed by atoms with Crippen molar-refractivity contribution < 1.29 is 9.59 Å². The van der Waals surface area contributed by atoms with Crippen molar-refractivity contribution in [1.29, 1.82) is 0 Å². The molecule has 1 aliphatic rings. The lowest BCUT2D eigenvalue weighted by Gasteiger charge is -2.30. The van der Waals surface area contributed by atoms with E-state index in [0.717, 1.165) is 5.56 Å². The molecular weight excluding hydrogens is 392 g/mol. The van der Waals surface area contributed by atoms with Gasteiger partial charge in [-0.1, -0.05) is 28.9 Å². The van der Waals surface area contributed by atoms with Gasteiger partial charge in [0, 0.05) is 37.0 Å². The maximum Gasteiger partial charge on any atom is 0.276 e. The summed E-state index contributed by atoms with van der Waals surface area (Å²) in [7, 11) is 0. The highest BCUT2D eigenvalue weighted by atomic mass is 35.5. The number of hydrogen-bond donors (Lipinski definition) is 1. The van der Waals surface area contributed by atoms with Crippen LogP contribution in [0.2, 0.25) is 5.02 Å². The number of amides is 2. The quantitative estimate of drug-likeness (QED) is 0.710. The molecule has 3 heterocycles. The molecule has 9 heteroatoms. The summed E-state index contributed by atoms with van der Waals surface area (Å²) in [6.45, 7) is 0.891. The number of carbonyl (C=O) groups is 2. The van der Waals surface area contributed by atoms with E-state index in [-0.39, 0.29) is 23.4 Å². The van der Waals surface area contributed by atoms with E-state index in [1.807, 2.05) is 18.2 Å². The van der Waals surface area contributed by atoms with Gasteiger partial charge in [-0.25, -0.2) is 4.68 Å². The average Bonchev–Trinajstić information content (AvgIpc) is 3.19. The summed E-state index contributed by atoms with van der Waals surface area (Å²) < 4.78 is 1.57. The number of benzene rings is 1. The highest BCUT2D eigenvalue weighted by molar-refractivity contribution is 6.32. The van der Waals surface area contributed by atoms with Gasteiger partial charge in [-0.15, -0.1) is 5.10 Å². The van der Waals surface area contributed by atoms with Crippen LogP contribution < -0.4 is 5.73 Å². The molecule has 1 fully saturated rings. The Bertz CT molecular complexity index is 1040. The van der Waals surface area contributed by atoms with Crippen molar-refractivity contribution in [1.82, 2.24) is 24.9 Å². The molecule has 0 unspecified atom stereocenters. The third-order valence-electron chi connectivity index (χ3n) is 5.09. The lowest BCUT2D eigenvalue weighted by molar-refractivity contribution is -0.123. The Balaban J connectivity index is 1.74. The first-order valence-electron chi connectivity index (χ1n) is 9.26. The number of nitrogens with two attached hydrogens (primary N) is 1. The van der Waals surface area contributed by atoms with Gasteiger partial charge in [0.1, 0.15) is 5.69 Å². The number of likely N-dealkylation sites (tertiary alicyclic amines) is 1. The molecule has 29 heavy (non-hydrogen) atoms. The smallest absolute Gasteiger partial charge is 0.276 e. The summed E-state index contributed by atoms with van der Waals surface area (Å²) in [4.78, 5) is 30.4. The van der Waals surface area contributed by atoms with Crippen molar-refractivity contribution in [2.24, 2.45) is 11.7 Å². The normalized spacial score (nSPS) is 14.7. The third-order valence-corrected chi connectivity index (χ3v) is 5.41. The van der Waals surface area contributed by atoms with E-state index in [1.54, 1.807) is 40.2 Å². The van der Waals surface area contributed by atoms with E-state index in [2.05, 4.69) is 15.3 Å². The van der Waals surface area contributed by atoms with Crippen molar-refractivity contribution in [3.8, 4) is 16.9 Å². The molecule has 2 amide bonds. The van der Waals surface area contributed by atoms with Gasteiger partial charge in [-0.3, -0.25) is 14.6 Å². The number of halogens is 1. The van der Waals surface area contributed by atoms with Gasteiger partial charge < -0.3 is 10.6 Å².